The minimum Gasteiger partial charge on any atom is -0.496 e. The van der Waals surface area contributed by atoms with Crippen LogP contribution >= 0.6 is 0 Å². The monoisotopic (exact) mass is 409 g/mol. The van der Waals surface area contributed by atoms with Gasteiger partial charge in [0.25, 0.3) is 5.91 Å². The summed E-state index contributed by atoms with van der Waals surface area (Å²) < 4.78 is 7.00. The number of para-hydroxylation sites is 1. The first-order chi connectivity index (χ1) is 14.3. The van der Waals surface area contributed by atoms with Gasteiger partial charge in [-0.15, -0.1) is 0 Å². The molecule has 0 unspecified atom stereocenters. The zero-order valence-electron chi connectivity index (χ0n) is 17.8. The number of imide groups is 1. The molecule has 0 radical (unpaired) electrons. The van der Waals surface area contributed by atoms with Crippen LogP contribution in [0.2, 0.25) is 0 Å². The van der Waals surface area contributed by atoms with Crippen molar-refractivity contribution in [2.24, 2.45) is 0 Å². The van der Waals surface area contributed by atoms with Crippen molar-refractivity contribution >= 4 is 23.3 Å². The predicted molar refractivity (Wildman–Crippen MR) is 115 cm³/mol. The summed E-state index contributed by atoms with van der Waals surface area (Å²) in [7, 11) is 1.61. The van der Waals surface area contributed by atoms with Crippen molar-refractivity contribution in [2.75, 3.05) is 25.1 Å². The highest BCUT2D eigenvalue weighted by Gasteiger charge is 2.37. The Hall–Kier alpha value is -3.42. The molecule has 0 aliphatic carbocycles. The highest BCUT2D eigenvalue weighted by Crippen LogP contribution is 2.23. The van der Waals surface area contributed by atoms with Crippen molar-refractivity contribution in [1.29, 1.82) is 5.41 Å². The zero-order chi connectivity index (χ0) is 21.8. The van der Waals surface area contributed by atoms with Crippen LogP contribution in [0.3, 0.4) is 0 Å². The quantitative estimate of drug-likeness (QED) is 0.535. The summed E-state index contributed by atoms with van der Waals surface area (Å²) in [5.74, 6) is 0.496. The maximum atomic E-state index is 12.9. The standard InChI is InChI=1S/C22H27N5O3/c1-15(2)19(16(3)23)13-26-12-18(11-24-26)27-21(28)14-25(22(27)29)10-9-17-7-5-6-8-20(17)30-4/h5-8,11-12,23H,9-10,13-14H2,1-4H3. The van der Waals surface area contributed by atoms with Crippen LogP contribution in [-0.2, 0) is 17.8 Å². The van der Waals surface area contributed by atoms with E-state index in [1.807, 2.05) is 38.1 Å². The van der Waals surface area contributed by atoms with Gasteiger partial charge < -0.3 is 15.0 Å². The fourth-order valence-corrected chi connectivity index (χ4v) is 3.51. The Bertz CT molecular complexity index is 1000. The van der Waals surface area contributed by atoms with Crippen LogP contribution in [-0.4, -0.2) is 52.5 Å². The third-order valence-electron chi connectivity index (χ3n) is 5.14. The summed E-state index contributed by atoms with van der Waals surface area (Å²) in [6, 6.07) is 7.30. The first-order valence-corrected chi connectivity index (χ1v) is 9.80. The Balaban J connectivity index is 1.70. The molecule has 1 saturated heterocycles. The van der Waals surface area contributed by atoms with E-state index in [1.54, 1.807) is 24.9 Å². The number of ether oxygens (including phenoxy) is 1. The lowest BCUT2D eigenvalue weighted by Crippen LogP contribution is -2.33. The smallest absolute Gasteiger partial charge is 0.331 e. The maximum Gasteiger partial charge on any atom is 0.331 e. The van der Waals surface area contributed by atoms with Gasteiger partial charge in [0.1, 0.15) is 12.3 Å². The highest BCUT2D eigenvalue weighted by atomic mass is 16.5. The second-order valence-corrected chi connectivity index (χ2v) is 7.49. The average molecular weight is 409 g/mol. The first-order valence-electron chi connectivity index (χ1n) is 9.80. The van der Waals surface area contributed by atoms with Crippen LogP contribution in [0.25, 0.3) is 0 Å². The van der Waals surface area contributed by atoms with Gasteiger partial charge in [0.15, 0.2) is 0 Å². The van der Waals surface area contributed by atoms with Crippen molar-refractivity contribution < 1.29 is 14.3 Å². The molecule has 3 rings (SSSR count). The summed E-state index contributed by atoms with van der Waals surface area (Å²) in [6.45, 7) is 6.52. The third kappa shape index (κ3) is 4.42. The van der Waals surface area contributed by atoms with E-state index in [2.05, 4.69) is 5.10 Å². The number of aromatic nitrogens is 2. The van der Waals surface area contributed by atoms with Crippen molar-refractivity contribution in [3.63, 3.8) is 0 Å². The lowest BCUT2D eigenvalue weighted by Gasteiger charge is -2.16. The van der Waals surface area contributed by atoms with Gasteiger partial charge >= 0.3 is 6.03 Å². The summed E-state index contributed by atoms with van der Waals surface area (Å²) in [4.78, 5) is 28.1. The van der Waals surface area contributed by atoms with Crippen LogP contribution in [0.4, 0.5) is 10.5 Å². The molecule has 3 amide bonds. The van der Waals surface area contributed by atoms with Gasteiger partial charge in [-0.3, -0.25) is 9.48 Å². The summed E-state index contributed by atoms with van der Waals surface area (Å²) in [5, 5.41) is 12.2. The summed E-state index contributed by atoms with van der Waals surface area (Å²) >= 11 is 0. The summed E-state index contributed by atoms with van der Waals surface area (Å²) in [5.41, 5.74) is 3.82. The summed E-state index contributed by atoms with van der Waals surface area (Å²) in [6.07, 6.45) is 3.78. The number of methoxy groups -OCH3 is 1. The molecule has 0 spiro atoms. The largest absolute Gasteiger partial charge is 0.496 e. The van der Waals surface area contributed by atoms with Crippen LogP contribution in [0.1, 0.15) is 26.3 Å². The lowest BCUT2D eigenvalue weighted by atomic mass is 10.1. The van der Waals surface area contributed by atoms with Gasteiger partial charge in [0.2, 0.25) is 0 Å². The van der Waals surface area contributed by atoms with E-state index in [1.165, 1.54) is 16.0 Å². The second kappa shape index (κ2) is 8.94. The topological polar surface area (TPSA) is 91.5 Å². The number of amides is 3. The molecule has 8 nitrogen and oxygen atoms in total. The van der Waals surface area contributed by atoms with E-state index in [0.717, 1.165) is 22.5 Å². The molecular weight excluding hydrogens is 382 g/mol. The predicted octanol–water partition coefficient (Wildman–Crippen LogP) is 3.28. The maximum absolute atomic E-state index is 12.9. The number of carbonyl (C=O) groups is 2. The molecule has 30 heavy (non-hydrogen) atoms. The van der Waals surface area contributed by atoms with E-state index < -0.39 is 0 Å². The Labute approximate surface area is 176 Å². The van der Waals surface area contributed by atoms with Gasteiger partial charge in [-0.1, -0.05) is 23.8 Å². The van der Waals surface area contributed by atoms with E-state index in [4.69, 9.17) is 10.1 Å². The number of hydrogen-bond acceptors (Lipinski definition) is 5. The second-order valence-electron chi connectivity index (χ2n) is 7.49. The molecule has 0 bridgehead atoms. The molecule has 1 aromatic carbocycles. The third-order valence-corrected chi connectivity index (χ3v) is 5.14. The fraction of sp³-hybridized carbons (Fsp3) is 0.364. The number of nitrogens with one attached hydrogen (secondary N) is 1. The molecule has 0 atom stereocenters. The first kappa shape index (κ1) is 21.3. The van der Waals surface area contributed by atoms with Crippen molar-refractivity contribution in [3.8, 4) is 5.75 Å². The average Bonchev–Trinajstić information content (AvgIpc) is 3.27. The Morgan fingerprint density at radius 2 is 1.93 bits per heavy atom. The van der Waals surface area contributed by atoms with Gasteiger partial charge in [-0.05, 0) is 44.4 Å². The molecule has 1 aliphatic rings. The molecule has 2 heterocycles. The SMILES string of the molecule is COc1ccccc1CCN1CC(=O)N(c2cnn(CC(C(C)=N)=C(C)C)c2)C1=O. The van der Waals surface area contributed by atoms with E-state index in [0.29, 0.717) is 30.9 Å². The van der Waals surface area contributed by atoms with Gasteiger partial charge in [0, 0.05) is 18.5 Å². The van der Waals surface area contributed by atoms with E-state index in [-0.39, 0.29) is 18.5 Å². The number of hydrogen-bond donors (Lipinski definition) is 1. The van der Waals surface area contributed by atoms with Crippen LogP contribution in [0.5, 0.6) is 5.75 Å². The van der Waals surface area contributed by atoms with Crippen LogP contribution in [0, 0.1) is 5.41 Å². The number of anilines is 1. The van der Waals surface area contributed by atoms with Crippen LogP contribution in [0.15, 0.2) is 47.8 Å². The van der Waals surface area contributed by atoms with E-state index in [9.17, 15) is 9.59 Å². The van der Waals surface area contributed by atoms with Gasteiger partial charge in [-0.25, -0.2) is 9.69 Å². The number of benzene rings is 1. The van der Waals surface area contributed by atoms with Crippen molar-refractivity contribution in [3.05, 3.63) is 53.4 Å². The van der Waals surface area contributed by atoms with Gasteiger partial charge in [-0.2, -0.15) is 5.10 Å². The molecule has 158 valence electrons. The number of urea groups is 1. The lowest BCUT2D eigenvalue weighted by molar-refractivity contribution is -0.116. The number of allylic oxidation sites excluding steroid dienone is 2. The molecule has 0 saturated carbocycles. The molecule has 2 aromatic rings. The Kier molecular flexibility index (Phi) is 6.34. The fourth-order valence-electron chi connectivity index (χ4n) is 3.51. The van der Waals surface area contributed by atoms with Crippen molar-refractivity contribution in [1.82, 2.24) is 14.7 Å². The molecular formula is C22H27N5O3. The minimum atomic E-state index is -0.347. The molecule has 1 fully saturated rings. The zero-order valence-corrected chi connectivity index (χ0v) is 17.8. The minimum absolute atomic E-state index is 0.0397. The number of rotatable bonds is 8. The number of nitrogens with zero attached hydrogens (tertiary/aromatic N) is 4. The van der Waals surface area contributed by atoms with Gasteiger partial charge in [0.05, 0.1) is 25.5 Å². The van der Waals surface area contributed by atoms with Crippen LogP contribution < -0.4 is 9.64 Å². The highest BCUT2D eigenvalue weighted by molar-refractivity contribution is 6.19. The Morgan fingerprint density at radius 1 is 1.20 bits per heavy atom. The number of carbonyl (C=O) groups excluding carboxylic acids is 2. The molecule has 1 N–H and O–H groups in total. The molecule has 1 aromatic heterocycles. The molecule has 1 aliphatic heterocycles. The van der Waals surface area contributed by atoms with E-state index >= 15 is 0 Å². The Morgan fingerprint density at radius 3 is 2.60 bits per heavy atom. The normalized spacial score (nSPS) is 13.7. The van der Waals surface area contributed by atoms with Crippen molar-refractivity contribution in [2.45, 2.75) is 33.7 Å². The molecule has 8 heteroatoms.